The summed E-state index contributed by atoms with van der Waals surface area (Å²) in [7, 11) is -3.36. The van der Waals surface area contributed by atoms with Gasteiger partial charge in [-0.25, -0.2) is 13.2 Å². The molecular weight excluding hydrogens is 298 g/mol. The van der Waals surface area contributed by atoms with E-state index in [9.17, 15) is 23.1 Å². The molecule has 0 spiro atoms. The van der Waals surface area contributed by atoms with E-state index in [1.54, 1.807) is 0 Å². The van der Waals surface area contributed by atoms with Crippen LogP contribution >= 0.6 is 0 Å². The van der Waals surface area contributed by atoms with Gasteiger partial charge in [0.25, 0.3) is 5.91 Å². The Morgan fingerprint density at radius 3 is 2.29 bits per heavy atom. The van der Waals surface area contributed by atoms with Gasteiger partial charge in [0.1, 0.15) is 6.04 Å². The minimum Gasteiger partial charge on any atom is -0.480 e. The molecule has 0 radical (unpaired) electrons. The number of β-amino-alcohol motifs (C(OH)–C–C–N with tert-alkyl or cyclic N) is 1. The third-order valence-corrected chi connectivity index (χ3v) is 4.48. The van der Waals surface area contributed by atoms with Crippen LogP contribution in [0.4, 0.5) is 0 Å². The SMILES string of the molecule is CS(=O)(=O)c1ccc(C(=O)N2C[C@@H](O)C[C@H]2C(=O)O)cc1. The summed E-state index contributed by atoms with van der Waals surface area (Å²) in [5.74, 6) is -1.72. The predicted molar refractivity (Wildman–Crippen MR) is 72.6 cm³/mol. The van der Waals surface area contributed by atoms with Gasteiger partial charge in [-0.1, -0.05) is 0 Å². The van der Waals surface area contributed by atoms with Gasteiger partial charge in [0.15, 0.2) is 9.84 Å². The number of amides is 1. The monoisotopic (exact) mass is 313 g/mol. The highest BCUT2D eigenvalue weighted by Gasteiger charge is 2.39. The average Bonchev–Trinajstić information content (AvgIpc) is 2.79. The van der Waals surface area contributed by atoms with Crippen LogP contribution in [-0.2, 0) is 14.6 Å². The van der Waals surface area contributed by atoms with Crippen molar-refractivity contribution in [1.82, 2.24) is 4.90 Å². The number of aliphatic hydroxyl groups is 1. The smallest absolute Gasteiger partial charge is 0.326 e. The van der Waals surface area contributed by atoms with Crippen molar-refractivity contribution in [3.05, 3.63) is 29.8 Å². The number of carboxylic acids is 1. The van der Waals surface area contributed by atoms with E-state index in [2.05, 4.69) is 0 Å². The number of carbonyl (C=O) groups excluding carboxylic acids is 1. The van der Waals surface area contributed by atoms with Crippen LogP contribution in [-0.4, -0.2) is 60.4 Å². The molecule has 1 aromatic carbocycles. The van der Waals surface area contributed by atoms with Gasteiger partial charge in [-0.15, -0.1) is 0 Å². The number of aliphatic carboxylic acids is 1. The van der Waals surface area contributed by atoms with Crippen molar-refractivity contribution >= 4 is 21.7 Å². The van der Waals surface area contributed by atoms with Gasteiger partial charge >= 0.3 is 5.97 Å². The minimum absolute atomic E-state index is 0.0114. The molecule has 1 aliphatic rings. The lowest BCUT2D eigenvalue weighted by Gasteiger charge is -2.21. The number of hydrogen-bond donors (Lipinski definition) is 2. The highest BCUT2D eigenvalue weighted by molar-refractivity contribution is 7.90. The fraction of sp³-hybridized carbons (Fsp3) is 0.385. The standard InChI is InChI=1S/C13H15NO6S/c1-21(19,20)10-4-2-8(3-5-10)12(16)14-7-9(15)6-11(14)13(17)18/h2-5,9,11,15H,6-7H2,1H3,(H,17,18)/t9-,11-/m0/s1. The van der Waals surface area contributed by atoms with E-state index in [4.69, 9.17) is 5.11 Å². The van der Waals surface area contributed by atoms with Crippen molar-refractivity contribution in [3.8, 4) is 0 Å². The summed E-state index contributed by atoms with van der Waals surface area (Å²) in [5, 5.41) is 18.6. The Kier molecular flexibility index (Phi) is 4.02. The molecule has 0 aromatic heterocycles. The van der Waals surface area contributed by atoms with Crippen molar-refractivity contribution in [1.29, 1.82) is 0 Å². The highest BCUT2D eigenvalue weighted by Crippen LogP contribution is 2.21. The van der Waals surface area contributed by atoms with Crippen molar-refractivity contribution in [3.63, 3.8) is 0 Å². The number of benzene rings is 1. The minimum atomic E-state index is -3.36. The molecule has 1 saturated heterocycles. The Morgan fingerprint density at radius 2 is 1.81 bits per heavy atom. The van der Waals surface area contributed by atoms with E-state index in [-0.39, 0.29) is 23.4 Å². The first-order valence-electron chi connectivity index (χ1n) is 6.22. The molecular formula is C13H15NO6S. The topological polar surface area (TPSA) is 112 Å². The first kappa shape index (κ1) is 15.5. The molecule has 1 fully saturated rings. The lowest BCUT2D eigenvalue weighted by molar-refractivity contribution is -0.141. The van der Waals surface area contributed by atoms with Crippen LogP contribution in [0.1, 0.15) is 16.8 Å². The summed E-state index contributed by atoms with van der Waals surface area (Å²) in [6, 6.07) is 4.20. The van der Waals surface area contributed by atoms with E-state index in [1.807, 2.05) is 0 Å². The first-order chi connectivity index (χ1) is 9.70. The van der Waals surface area contributed by atoms with Gasteiger partial charge in [0, 0.05) is 24.8 Å². The van der Waals surface area contributed by atoms with Crippen LogP contribution in [0, 0.1) is 0 Å². The quantitative estimate of drug-likeness (QED) is 0.796. The third kappa shape index (κ3) is 3.22. The number of nitrogens with zero attached hydrogens (tertiary/aromatic N) is 1. The Labute approximate surface area is 121 Å². The molecule has 0 saturated carbocycles. The molecule has 0 aliphatic carbocycles. The fourth-order valence-corrected chi connectivity index (χ4v) is 2.91. The second kappa shape index (κ2) is 5.45. The first-order valence-corrected chi connectivity index (χ1v) is 8.11. The Balaban J connectivity index is 2.26. The van der Waals surface area contributed by atoms with Crippen LogP contribution in [0.15, 0.2) is 29.2 Å². The Hall–Kier alpha value is -1.93. The predicted octanol–water partition coefficient (Wildman–Crippen LogP) is -0.250. The van der Waals surface area contributed by atoms with Gasteiger partial charge in [-0.2, -0.15) is 0 Å². The van der Waals surface area contributed by atoms with Crippen molar-refractivity contribution in [2.24, 2.45) is 0 Å². The largest absolute Gasteiger partial charge is 0.480 e. The number of carboxylic acid groups (broad SMARTS) is 1. The summed E-state index contributed by atoms with van der Waals surface area (Å²) in [6.45, 7) is -0.0520. The normalized spacial score (nSPS) is 22.3. The van der Waals surface area contributed by atoms with Crippen molar-refractivity contribution in [2.75, 3.05) is 12.8 Å². The van der Waals surface area contributed by atoms with Crippen molar-refractivity contribution in [2.45, 2.75) is 23.5 Å². The molecule has 0 bridgehead atoms. The summed E-state index contributed by atoms with van der Waals surface area (Å²) in [4.78, 5) is 24.5. The van der Waals surface area contributed by atoms with Gasteiger partial charge in [-0.3, -0.25) is 4.79 Å². The maximum Gasteiger partial charge on any atom is 0.326 e. The van der Waals surface area contributed by atoms with Gasteiger partial charge < -0.3 is 15.1 Å². The second-order valence-corrected chi connectivity index (χ2v) is 7.01. The Bertz CT molecular complexity index is 666. The van der Waals surface area contributed by atoms with Gasteiger partial charge in [0.2, 0.25) is 0 Å². The molecule has 2 N–H and O–H groups in total. The van der Waals surface area contributed by atoms with Crippen LogP contribution in [0.25, 0.3) is 0 Å². The highest BCUT2D eigenvalue weighted by atomic mass is 32.2. The van der Waals surface area contributed by atoms with E-state index in [0.29, 0.717) is 0 Å². The zero-order chi connectivity index (χ0) is 15.8. The summed E-state index contributed by atoms with van der Waals surface area (Å²) >= 11 is 0. The zero-order valence-corrected chi connectivity index (χ0v) is 12.1. The summed E-state index contributed by atoms with van der Waals surface area (Å²) < 4.78 is 22.7. The lowest BCUT2D eigenvalue weighted by atomic mass is 10.1. The molecule has 1 amide bonds. The summed E-state index contributed by atoms with van der Waals surface area (Å²) in [5.41, 5.74) is 0.183. The van der Waals surface area contributed by atoms with E-state index >= 15 is 0 Å². The van der Waals surface area contributed by atoms with Crippen molar-refractivity contribution < 1.29 is 28.2 Å². The molecule has 1 aliphatic heterocycles. The molecule has 2 atom stereocenters. The second-order valence-electron chi connectivity index (χ2n) is 5.00. The maximum absolute atomic E-state index is 12.3. The van der Waals surface area contributed by atoms with Crippen LogP contribution in [0.2, 0.25) is 0 Å². The molecule has 1 aromatic rings. The van der Waals surface area contributed by atoms with E-state index in [1.165, 1.54) is 24.3 Å². The van der Waals surface area contributed by atoms with Crippen LogP contribution in [0.3, 0.4) is 0 Å². The molecule has 1 heterocycles. The molecule has 0 unspecified atom stereocenters. The van der Waals surface area contributed by atoms with Crippen LogP contribution < -0.4 is 0 Å². The van der Waals surface area contributed by atoms with Gasteiger partial charge in [-0.05, 0) is 24.3 Å². The maximum atomic E-state index is 12.3. The average molecular weight is 313 g/mol. The fourth-order valence-electron chi connectivity index (χ4n) is 2.28. The molecule has 2 rings (SSSR count). The van der Waals surface area contributed by atoms with Crippen LogP contribution in [0.5, 0.6) is 0 Å². The lowest BCUT2D eigenvalue weighted by Crippen LogP contribution is -2.40. The molecule has 7 nitrogen and oxygen atoms in total. The van der Waals surface area contributed by atoms with Gasteiger partial charge in [0.05, 0.1) is 11.0 Å². The number of likely N-dealkylation sites (tertiary alicyclic amines) is 1. The number of hydrogen-bond acceptors (Lipinski definition) is 5. The van der Waals surface area contributed by atoms with E-state index < -0.39 is 33.9 Å². The zero-order valence-electron chi connectivity index (χ0n) is 11.3. The molecule has 8 heteroatoms. The number of aliphatic hydroxyl groups excluding tert-OH is 1. The Morgan fingerprint density at radius 1 is 1.24 bits per heavy atom. The number of carbonyl (C=O) groups is 2. The van der Waals surface area contributed by atoms with E-state index in [0.717, 1.165) is 11.2 Å². The molecule has 114 valence electrons. The third-order valence-electron chi connectivity index (χ3n) is 3.35. The molecule has 21 heavy (non-hydrogen) atoms. The summed E-state index contributed by atoms with van der Waals surface area (Å²) in [6.07, 6.45) is 0.175. The number of rotatable bonds is 3. The number of sulfone groups is 1.